The van der Waals surface area contributed by atoms with Gasteiger partial charge in [0, 0.05) is 4.83 Å². The van der Waals surface area contributed by atoms with Crippen LogP contribution in [0.5, 0.6) is 0 Å². The molecule has 1 fully saturated rings. The molecule has 1 aliphatic carbocycles. The molecule has 9 heavy (non-hydrogen) atoms. The lowest BCUT2D eigenvalue weighted by Crippen LogP contribution is -2.37. The molecule has 1 saturated carbocycles. The van der Waals surface area contributed by atoms with Crippen LogP contribution < -0.4 is 0 Å². The van der Waals surface area contributed by atoms with Crippen molar-refractivity contribution in [1.82, 2.24) is 0 Å². The van der Waals surface area contributed by atoms with Crippen molar-refractivity contribution in [3.8, 4) is 0 Å². The van der Waals surface area contributed by atoms with Gasteiger partial charge in [-0.05, 0) is 19.3 Å². The van der Waals surface area contributed by atoms with Crippen LogP contribution in [-0.2, 0) is 0 Å². The average molecular weight is 195 g/mol. The van der Waals surface area contributed by atoms with Crippen molar-refractivity contribution in [2.45, 2.75) is 36.3 Å². The Balaban J connectivity index is 2.41. The van der Waals surface area contributed by atoms with E-state index in [1.54, 1.807) is 0 Å². The summed E-state index contributed by atoms with van der Waals surface area (Å²) in [5.74, 6) is 0. The van der Waals surface area contributed by atoms with E-state index in [9.17, 15) is 0 Å². The molecule has 0 bridgehead atoms. The fourth-order valence-corrected chi connectivity index (χ4v) is 1.78. The maximum Gasteiger partial charge on any atom is 0.0923 e. The summed E-state index contributed by atoms with van der Waals surface area (Å²) in [7, 11) is 0. The van der Waals surface area contributed by atoms with Gasteiger partial charge in [0.25, 0.3) is 0 Å². The molecule has 0 aromatic rings. The third-order valence-electron chi connectivity index (χ3n) is 1.74. The molecule has 0 amide bonds. The van der Waals surface area contributed by atoms with Crippen LogP contribution in [-0.4, -0.2) is 27.2 Å². The number of halogens is 1. The summed E-state index contributed by atoms with van der Waals surface area (Å²) in [5.41, 5.74) is 0. The van der Waals surface area contributed by atoms with Gasteiger partial charge in [-0.3, -0.25) is 0 Å². The number of aliphatic hydroxyl groups is 2. The van der Waals surface area contributed by atoms with Crippen molar-refractivity contribution in [2.75, 3.05) is 0 Å². The quantitative estimate of drug-likeness (QED) is 0.557. The zero-order valence-electron chi connectivity index (χ0n) is 5.13. The van der Waals surface area contributed by atoms with Gasteiger partial charge in [0.15, 0.2) is 0 Å². The van der Waals surface area contributed by atoms with Gasteiger partial charge in [0.1, 0.15) is 0 Å². The lowest BCUT2D eigenvalue weighted by molar-refractivity contribution is -0.00306. The third-order valence-corrected chi connectivity index (χ3v) is 2.74. The molecule has 0 aromatic heterocycles. The number of alkyl halides is 1. The molecule has 1 rings (SSSR count). The first-order valence-electron chi connectivity index (χ1n) is 3.22. The molecule has 54 valence electrons. The topological polar surface area (TPSA) is 40.5 Å². The largest absolute Gasteiger partial charge is 0.390 e. The minimum atomic E-state index is -0.557. The summed E-state index contributed by atoms with van der Waals surface area (Å²) < 4.78 is 0. The van der Waals surface area contributed by atoms with Crippen LogP contribution >= 0.6 is 15.9 Å². The van der Waals surface area contributed by atoms with E-state index in [0.717, 1.165) is 19.3 Å². The highest BCUT2D eigenvalue weighted by atomic mass is 79.9. The third kappa shape index (κ3) is 1.66. The Morgan fingerprint density at radius 1 is 1.22 bits per heavy atom. The SMILES string of the molecule is O[C@H]1[C@H](O)CCC[C@H]1Br. The highest BCUT2D eigenvalue weighted by molar-refractivity contribution is 9.09. The standard InChI is InChI=1S/C6H11BrO2/c7-4-2-1-3-5(8)6(4)9/h4-6,8-9H,1-3H2/t4-,5-,6-/m1/s1. The first-order chi connectivity index (χ1) is 4.22. The Morgan fingerprint density at radius 3 is 2.33 bits per heavy atom. The molecule has 2 nitrogen and oxygen atoms in total. The Morgan fingerprint density at radius 2 is 1.89 bits per heavy atom. The van der Waals surface area contributed by atoms with Crippen molar-refractivity contribution in [2.24, 2.45) is 0 Å². The van der Waals surface area contributed by atoms with E-state index in [1.807, 2.05) is 0 Å². The maximum absolute atomic E-state index is 9.15. The number of hydrogen-bond acceptors (Lipinski definition) is 2. The Labute approximate surface area is 63.0 Å². The van der Waals surface area contributed by atoms with Crippen molar-refractivity contribution >= 4 is 15.9 Å². The highest BCUT2D eigenvalue weighted by Gasteiger charge is 2.27. The molecule has 0 radical (unpaired) electrons. The van der Waals surface area contributed by atoms with Crippen LogP contribution in [0.2, 0.25) is 0 Å². The molecule has 3 atom stereocenters. The van der Waals surface area contributed by atoms with Gasteiger partial charge in [0.2, 0.25) is 0 Å². The van der Waals surface area contributed by atoms with Crippen LogP contribution in [0.15, 0.2) is 0 Å². The van der Waals surface area contributed by atoms with E-state index in [-0.39, 0.29) is 4.83 Å². The van der Waals surface area contributed by atoms with Crippen molar-refractivity contribution in [1.29, 1.82) is 0 Å². The zero-order chi connectivity index (χ0) is 6.85. The van der Waals surface area contributed by atoms with Gasteiger partial charge in [-0.15, -0.1) is 0 Å². The van der Waals surface area contributed by atoms with Crippen molar-refractivity contribution in [3.05, 3.63) is 0 Å². The number of rotatable bonds is 0. The predicted octanol–water partition coefficient (Wildman–Crippen LogP) is 0.656. The van der Waals surface area contributed by atoms with Crippen LogP contribution in [0.3, 0.4) is 0 Å². The Kier molecular flexibility index (Phi) is 2.50. The average Bonchev–Trinajstić information content (AvgIpc) is 1.83. The van der Waals surface area contributed by atoms with Gasteiger partial charge in [-0.25, -0.2) is 0 Å². The zero-order valence-corrected chi connectivity index (χ0v) is 6.71. The molecule has 0 heterocycles. The summed E-state index contributed by atoms with van der Waals surface area (Å²) in [6.45, 7) is 0. The summed E-state index contributed by atoms with van der Waals surface area (Å²) in [6.07, 6.45) is 1.65. The van der Waals surface area contributed by atoms with Gasteiger partial charge < -0.3 is 10.2 Å². The van der Waals surface area contributed by atoms with E-state index >= 15 is 0 Å². The maximum atomic E-state index is 9.15. The molecule has 0 aromatic carbocycles. The Bertz CT molecular complexity index is 87.1. The molecule has 0 aliphatic heterocycles. The summed E-state index contributed by atoms with van der Waals surface area (Å²) in [6, 6.07) is 0. The molecule has 1 aliphatic rings. The molecule has 0 spiro atoms. The van der Waals surface area contributed by atoms with E-state index in [1.165, 1.54) is 0 Å². The van der Waals surface area contributed by atoms with Gasteiger partial charge in [-0.2, -0.15) is 0 Å². The molecule has 0 unspecified atom stereocenters. The molecule has 3 heteroatoms. The van der Waals surface area contributed by atoms with Crippen LogP contribution in [0.25, 0.3) is 0 Å². The number of aliphatic hydroxyl groups excluding tert-OH is 2. The monoisotopic (exact) mass is 194 g/mol. The van der Waals surface area contributed by atoms with Gasteiger partial charge in [0.05, 0.1) is 12.2 Å². The summed E-state index contributed by atoms with van der Waals surface area (Å²) in [4.78, 5) is 0.0984. The van der Waals surface area contributed by atoms with Crippen LogP contribution in [0.1, 0.15) is 19.3 Å². The second-order valence-electron chi connectivity index (χ2n) is 2.50. The second kappa shape index (κ2) is 2.99. The lowest BCUT2D eigenvalue weighted by atomic mass is 9.95. The molecule has 0 saturated heterocycles. The minimum absolute atomic E-state index is 0.0984. The number of hydrogen-bond donors (Lipinski definition) is 2. The summed E-state index contributed by atoms with van der Waals surface area (Å²) >= 11 is 3.28. The first kappa shape index (κ1) is 7.51. The fraction of sp³-hybridized carbons (Fsp3) is 1.00. The molecular formula is C6H11BrO2. The van der Waals surface area contributed by atoms with E-state index in [2.05, 4.69) is 15.9 Å². The van der Waals surface area contributed by atoms with Gasteiger partial charge in [-0.1, -0.05) is 15.9 Å². The summed E-state index contributed by atoms with van der Waals surface area (Å²) in [5, 5.41) is 18.2. The van der Waals surface area contributed by atoms with Crippen LogP contribution in [0, 0.1) is 0 Å². The van der Waals surface area contributed by atoms with Crippen LogP contribution in [0.4, 0.5) is 0 Å². The lowest BCUT2D eigenvalue weighted by Gasteiger charge is -2.27. The Hall–Kier alpha value is 0.400. The normalized spacial score (nSPS) is 45.0. The molecular weight excluding hydrogens is 184 g/mol. The second-order valence-corrected chi connectivity index (χ2v) is 3.68. The van der Waals surface area contributed by atoms with Crippen molar-refractivity contribution < 1.29 is 10.2 Å². The minimum Gasteiger partial charge on any atom is -0.390 e. The smallest absolute Gasteiger partial charge is 0.0923 e. The van der Waals surface area contributed by atoms with E-state index in [0.29, 0.717) is 0 Å². The van der Waals surface area contributed by atoms with Gasteiger partial charge >= 0.3 is 0 Å². The predicted molar refractivity (Wildman–Crippen MR) is 38.6 cm³/mol. The fourth-order valence-electron chi connectivity index (χ4n) is 1.10. The van der Waals surface area contributed by atoms with E-state index in [4.69, 9.17) is 10.2 Å². The molecule has 2 N–H and O–H groups in total. The highest BCUT2D eigenvalue weighted by Crippen LogP contribution is 2.24. The van der Waals surface area contributed by atoms with Crippen molar-refractivity contribution in [3.63, 3.8) is 0 Å². The first-order valence-corrected chi connectivity index (χ1v) is 4.13. The van der Waals surface area contributed by atoms with E-state index < -0.39 is 12.2 Å².